The van der Waals surface area contributed by atoms with Crippen LogP contribution in [0, 0.1) is 0 Å². The Hall–Kier alpha value is -3.06. The summed E-state index contributed by atoms with van der Waals surface area (Å²) >= 11 is 0. The van der Waals surface area contributed by atoms with Crippen LogP contribution < -0.4 is 10.6 Å². The number of primary amides is 1. The van der Waals surface area contributed by atoms with Crippen molar-refractivity contribution in [3.8, 4) is 0 Å². The Kier molecular flexibility index (Phi) is 5.40. The van der Waals surface area contributed by atoms with Crippen LogP contribution in [0.2, 0.25) is 0 Å². The molecule has 2 aliphatic rings. The molecule has 7 nitrogen and oxygen atoms in total. The molecule has 0 spiro atoms. The van der Waals surface area contributed by atoms with Crippen LogP contribution in [-0.2, 0) is 17.8 Å². The average Bonchev–Trinajstić information content (AvgIpc) is 2.74. The van der Waals surface area contributed by atoms with Crippen molar-refractivity contribution in [2.75, 3.05) is 31.1 Å². The Morgan fingerprint density at radius 1 is 1.14 bits per heavy atom. The van der Waals surface area contributed by atoms with Gasteiger partial charge in [0, 0.05) is 45.3 Å². The molecule has 0 bridgehead atoms. The van der Waals surface area contributed by atoms with E-state index in [0.29, 0.717) is 6.42 Å². The van der Waals surface area contributed by atoms with Crippen molar-refractivity contribution in [1.82, 2.24) is 14.9 Å². The topological polar surface area (TPSA) is 92.4 Å². The van der Waals surface area contributed by atoms with Crippen LogP contribution >= 0.6 is 0 Å². The predicted octanol–water partition coefficient (Wildman–Crippen LogP) is 1.82. The van der Waals surface area contributed by atoms with Gasteiger partial charge in [0.1, 0.15) is 5.69 Å². The highest BCUT2D eigenvalue weighted by Crippen LogP contribution is 2.23. The average molecular weight is 391 g/mol. The van der Waals surface area contributed by atoms with Gasteiger partial charge in [0.15, 0.2) is 5.78 Å². The summed E-state index contributed by atoms with van der Waals surface area (Å²) in [5.74, 6) is -0.299. The molecule has 0 unspecified atom stereocenters. The van der Waals surface area contributed by atoms with E-state index in [1.807, 2.05) is 25.3 Å². The van der Waals surface area contributed by atoms with Crippen LogP contribution in [0.25, 0.3) is 6.08 Å². The number of Topliss-reactive ketones (excluding diaryl/α,β-unsaturated/α-hetero) is 1. The van der Waals surface area contributed by atoms with Gasteiger partial charge in [-0.1, -0.05) is 13.0 Å². The van der Waals surface area contributed by atoms with Crippen LogP contribution in [0.3, 0.4) is 0 Å². The minimum absolute atomic E-state index is 0.212. The van der Waals surface area contributed by atoms with E-state index < -0.39 is 5.91 Å². The first-order valence-corrected chi connectivity index (χ1v) is 9.98. The van der Waals surface area contributed by atoms with E-state index in [1.54, 1.807) is 12.3 Å². The van der Waals surface area contributed by atoms with Crippen LogP contribution in [0.5, 0.6) is 0 Å². The standard InChI is InChI=1S/C22H25N5O2/c1-2-16-10-20-17(11-21(16)28)9-15(12-24-20)14-26-5-7-27(8-6-26)18-3-4-19(22(23)29)25-13-18/h3-4,9-10,12-13H,2,5-8,11,14H2,1H3,(H2,23,29). The molecule has 1 amide bonds. The molecule has 1 aliphatic carbocycles. The van der Waals surface area contributed by atoms with Gasteiger partial charge in [0.25, 0.3) is 5.91 Å². The van der Waals surface area contributed by atoms with Crippen molar-refractivity contribution in [3.05, 3.63) is 58.7 Å². The molecular formula is C22H25N5O2. The lowest BCUT2D eigenvalue weighted by atomic mass is 9.92. The van der Waals surface area contributed by atoms with Gasteiger partial charge in [-0.3, -0.25) is 19.5 Å². The normalized spacial score (nSPS) is 17.1. The summed E-state index contributed by atoms with van der Waals surface area (Å²) in [6.45, 7) is 6.45. The summed E-state index contributed by atoms with van der Waals surface area (Å²) in [7, 11) is 0. The number of fused-ring (bicyclic) bond motifs is 1. The second-order valence-corrected chi connectivity index (χ2v) is 7.54. The summed E-state index contributed by atoms with van der Waals surface area (Å²) in [4.78, 5) is 36.7. The van der Waals surface area contributed by atoms with Crippen molar-refractivity contribution in [2.45, 2.75) is 26.3 Å². The third-order valence-corrected chi connectivity index (χ3v) is 5.60. The lowest BCUT2D eigenvalue weighted by Gasteiger charge is -2.36. The third kappa shape index (κ3) is 4.19. The SMILES string of the molecule is CCC1=Cc2ncc(CN3CCN(c4ccc(C(N)=O)nc4)CC3)cc2CC1=O. The van der Waals surface area contributed by atoms with E-state index in [9.17, 15) is 9.59 Å². The predicted molar refractivity (Wildman–Crippen MR) is 111 cm³/mol. The Labute approximate surface area is 170 Å². The van der Waals surface area contributed by atoms with Gasteiger partial charge in [-0.2, -0.15) is 0 Å². The number of hydrogen-bond acceptors (Lipinski definition) is 6. The molecule has 0 atom stereocenters. The number of rotatable bonds is 5. The minimum atomic E-state index is -0.511. The van der Waals surface area contributed by atoms with E-state index in [4.69, 9.17) is 5.73 Å². The summed E-state index contributed by atoms with van der Waals surface area (Å²) in [6, 6.07) is 5.69. The molecule has 1 saturated heterocycles. The number of amides is 1. The van der Waals surface area contributed by atoms with E-state index in [-0.39, 0.29) is 11.5 Å². The van der Waals surface area contributed by atoms with Crippen molar-refractivity contribution in [1.29, 1.82) is 0 Å². The molecule has 7 heteroatoms. The zero-order valence-electron chi connectivity index (χ0n) is 16.6. The highest BCUT2D eigenvalue weighted by Gasteiger charge is 2.21. The van der Waals surface area contributed by atoms with Gasteiger partial charge < -0.3 is 10.6 Å². The third-order valence-electron chi connectivity index (χ3n) is 5.60. The number of anilines is 1. The molecule has 1 aliphatic heterocycles. The molecule has 2 aromatic heterocycles. The lowest BCUT2D eigenvalue weighted by Crippen LogP contribution is -2.46. The number of carbonyl (C=O) groups excluding carboxylic acids is 2. The Balaban J connectivity index is 1.37. The zero-order chi connectivity index (χ0) is 20.4. The summed E-state index contributed by atoms with van der Waals surface area (Å²) in [6.07, 6.45) is 6.78. The van der Waals surface area contributed by atoms with Gasteiger partial charge in [-0.05, 0) is 41.3 Å². The number of nitrogens with two attached hydrogens (primary N) is 1. The first-order valence-electron chi connectivity index (χ1n) is 9.98. The van der Waals surface area contributed by atoms with Crippen LogP contribution in [0.4, 0.5) is 5.69 Å². The fraction of sp³-hybridized carbons (Fsp3) is 0.364. The number of ketones is 1. The lowest BCUT2D eigenvalue weighted by molar-refractivity contribution is -0.115. The molecule has 29 heavy (non-hydrogen) atoms. The Morgan fingerprint density at radius 3 is 2.59 bits per heavy atom. The molecular weight excluding hydrogens is 366 g/mol. The smallest absolute Gasteiger partial charge is 0.267 e. The molecule has 2 aromatic rings. The van der Waals surface area contributed by atoms with Gasteiger partial charge in [0.2, 0.25) is 0 Å². The molecule has 1 fully saturated rings. The second-order valence-electron chi connectivity index (χ2n) is 7.54. The highest BCUT2D eigenvalue weighted by molar-refractivity contribution is 6.03. The number of nitrogens with zero attached hydrogens (tertiary/aromatic N) is 4. The number of piperazine rings is 1. The van der Waals surface area contributed by atoms with Crippen molar-refractivity contribution < 1.29 is 9.59 Å². The molecule has 0 aromatic carbocycles. The molecule has 3 heterocycles. The van der Waals surface area contributed by atoms with Crippen molar-refractivity contribution in [3.63, 3.8) is 0 Å². The maximum absolute atomic E-state index is 12.2. The number of allylic oxidation sites excluding steroid dienone is 1. The maximum atomic E-state index is 12.2. The zero-order valence-corrected chi connectivity index (χ0v) is 16.6. The summed E-state index contributed by atoms with van der Waals surface area (Å²) in [5.41, 5.74) is 10.5. The number of hydrogen-bond donors (Lipinski definition) is 1. The van der Waals surface area contributed by atoms with Gasteiger partial charge in [-0.15, -0.1) is 0 Å². The van der Waals surface area contributed by atoms with Gasteiger partial charge in [-0.25, -0.2) is 4.98 Å². The van der Waals surface area contributed by atoms with Crippen LogP contribution in [0.1, 0.15) is 40.7 Å². The van der Waals surface area contributed by atoms with Gasteiger partial charge in [0.05, 0.1) is 17.6 Å². The first-order chi connectivity index (χ1) is 14.0. The quantitative estimate of drug-likeness (QED) is 0.836. The molecule has 2 N–H and O–H groups in total. The fourth-order valence-corrected chi connectivity index (χ4v) is 3.90. The van der Waals surface area contributed by atoms with Gasteiger partial charge >= 0.3 is 0 Å². The second kappa shape index (κ2) is 8.13. The maximum Gasteiger partial charge on any atom is 0.267 e. The molecule has 150 valence electrons. The van der Waals surface area contributed by atoms with E-state index in [1.165, 1.54) is 0 Å². The first kappa shape index (κ1) is 19.3. The van der Waals surface area contributed by atoms with Crippen molar-refractivity contribution >= 4 is 23.5 Å². The Bertz CT molecular complexity index is 960. The largest absolute Gasteiger partial charge is 0.368 e. The summed E-state index contributed by atoms with van der Waals surface area (Å²) in [5, 5.41) is 0. The number of pyridine rings is 2. The number of carbonyl (C=O) groups is 2. The molecule has 4 rings (SSSR count). The fourth-order valence-electron chi connectivity index (χ4n) is 3.90. The van der Waals surface area contributed by atoms with Crippen LogP contribution in [0.15, 0.2) is 36.2 Å². The number of aromatic nitrogens is 2. The van der Waals surface area contributed by atoms with Crippen LogP contribution in [-0.4, -0.2) is 52.7 Å². The van der Waals surface area contributed by atoms with Crippen molar-refractivity contribution in [2.24, 2.45) is 5.73 Å². The van der Waals surface area contributed by atoms with E-state index >= 15 is 0 Å². The Morgan fingerprint density at radius 2 is 1.93 bits per heavy atom. The van der Waals surface area contributed by atoms with E-state index in [2.05, 4.69) is 25.8 Å². The molecule has 0 radical (unpaired) electrons. The highest BCUT2D eigenvalue weighted by atomic mass is 16.1. The van der Waals surface area contributed by atoms with E-state index in [0.717, 1.165) is 67.2 Å². The minimum Gasteiger partial charge on any atom is -0.368 e. The monoisotopic (exact) mass is 391 g/mol. The summed E-state index contributed by atoms with van der Waals surface area (Å²) < 4.78 is 0. The molecule has 0 saturated carbocycles.